The molecular weight excluding hydrogens is 130 g/mol. The maximum Gasteiger partial charge on any atom is 0.213 e. The lowest BCUT2D eigenvalue weighted by Crippen LogP contribution is -2.37. The topological polar surface area (TPSA) is 43.1 Å². The van der Waals surface area contributed by atoms with Gasteiger partial charge in [-0.05, 0) is 11.8 Å². The fourth-order valence-electron chi connectivity index (χ4n) is 1.35. The number of rotatable bonds is 2. The van der Waals surface area contributed by atoms with Crippen molar-refractivity contribution in [3.8, 4) is 0 Å². The van der Waals surface area contributed by atoms with Crippen LogP contribution in [0.5, 0.6) is 0 Å². The molecule has 0 amide bonds. The Morgan fingerprint density at radius 3 is 2.30 bits per heavy atom. The molecule has 0 aromatic rings. The van der Waals surface area contributed by atoms with Gasteiger partial charge >= 0.3 is 0 Å². The first kappa shape index (κ1) is 7.51. The Hall–Kier alpha value is -0.600. The summed E-state index contributed by atoms with van der Waals surface area (Å²) in [6, 6.07) is -0.229. The second-order valence-electron chi connectivity index (χ2n) is 3.41. The van der Waals surface area contributed by atoms with Crippen molar-refractivity contribution >= 4 is 0 Å². The second-order valence-corrected chi connectivity index (χ2v) is 3.41. The van der Waals surface area contributed by atoms with Gasteiger partial charge in [0.15, 0.2) is 0 Å². The van der Waals surface area contributed by atoms with E-state index >= 15 is 0 Å². The Bertz CT molecular complexity index is 139. The molecule has 0 aromatic heterocycles. The van der Waals surface area contributed by atoms with Gasteiger partial charge in [-0.2, -0.15) is 0 Å². The van der Waals surface area contributed by atoms with Crippen LogP contribution < -0.4 is 0 Å². The van der Waals surface area contributed by atoms with Crippen LogP contribution in [0.4, 0.5) is 0 Å². The summed E-state index contributed by atoms with van der Waals surface area (Å²) in [6.45, 7) is 4.25. The molecule has 0 aromatic carbocycles. The maximum absolute atomic E-state index is 10.2. The van der Waals surface area contributed by atoms with E-state index in [2.05, 4.69) is 13.8 Å². The van der Waals surface area contributed by atoms with E-state index < -0.39 is 0 Å². The number of hydrogen-bond acceptors (Lipinski definition) is 2. The first-order valence-corrected chi connectivity index (χ1v) is 3.74. The van der Waals surface area contributed by atoms with Gasteiger partial charge in [0.05, 0.1) is 0 Å². The van der Waals surface area contributed by atoms with Crippen LogP contribution in [0.3, 0.4) is 0 Å². The number of nitrogens with zero attached hydrogens (tertiary/aromatic N) is 1. The zero-order chi connectivity index (χ0) is 7.72. The minimum Gasteiger partial charge on any atom is -0.264 e. The van der Waals surface area contributed by atoms with Gasteiger partial charge in [0.1, 0.15) is 0 Å². The molecule has 0 atom stereocenters. The summed E-state index contributed by atoms with van der Waals surface area (Å²) in [7, 11) is 0. The van der Waals surface area contributed by atoms with Gasteiger partial charge in [0, 0.05) is 17.8 Å². The predicted molar refractivity (Wildman–Crippen MR) is 38.3 cm³/mol. The fourth-order valence-corrected chi connectivity index (χ4v) is 1.35. The molecule has 0 radical (unpaired) electrons. The van der Waals surface area contributed by atoms with Crippen molar-refractivity contribution in [2.75, 3.05) is 0 Å². The molecule has 10 heavy (non-hydrogen) atoms. The summed E-state index contributed by atoms with van der Waals surface area (Å²) < 4.78 is 0. The Morgan fingerprint density at radius 1 is 1.50 bits per heavy atom. The lowest BCUT2D eigenvalue weighted by molar-refractivity contribution is -0.541. The van der Waals surface area contributed by atoms with E-state index in [1.54, 1.807) is 0 Å². The third kappa shape index (κ3) is 1.28. The van der Waals surface area contributed by atoms with Crippen LogP contribution in [0.2, 0.25) is 0 Å². The van der Waals surface area contributed by atoms with Gasteiger partial charge in [-0.1, -0.05) is 13.8 Å². The second kappa shape index (κ2) is 2.56. The molecule has 1 aliphatic rings. The molecule has 58 valence electrons. The summed E-state index contributed by atoms with van der Waals surface area (Å²) in [4.78, 5) is 10.0. The van der Waals surface area contributed by atoms with Gasteiger partial charge < -0.3 is 0 Å². The maximum atomic E-state index is 10.2. The average molecular weight is 143 g/mol. The van der Waals surface area contributed by atoms with E-state index in [0.717, 1.165) is 12.8 Å². The summed E-state index contributed by atoms with van der Waals surface area (Å²) in [5.41, 5.74) is 0. The van der Waals surface area contributed by atoms with Crippen molar-refractivity contribution in [2.24, 2.45) is 11.8 Å². The molecule has 0 saturated heterocycles. The summed E-state index contributed by atoms with van der Waals surface area (Å²) in [5, 5.41) is 10.2. The molecule has 0 heterocycles. The smallest absolute Gasteiger partial charge is 0.213 e. The predicted octanol–water partition coefficient (Wildman–Crippen LogP) is 1.70. The summed E-state index contributed by atoms with van der Waals surface area (Å²) in [6.07, 6.45) is 1.59. The van der Waals surface area contributed by atoms with Crippen LogP contribution in [0.15, 0.2) is 0 Å². The normalized spacial score (nSPS) is 31.9. The minimum absolute atomic E-state index is 0.154. The van der Waals surface area contributed by atoms with Crippen LogP contribution >= 0.6 is 0 Å². The lowest BCUT2D eigenvalue weighted by Gasteiger charge is -2.31. The molecule has 0 spiro atoms. The van der Waals surface area contributed by atoms with Gasteiger partial charge in [-0.3, -0.25) is 10.1 Å². The van der Waals surface area contributed by atoms with Crippen molar-refractivity contribution in [3.05, 3.63) is 10.1 Å². The standard InChI is InChI=1S/C7H13NO2/c1-5(2)6-3-7(4-6)8(9)10/h5-7H,3-4H2,1-2H3. The van der Waals surface area contributed by atoms with E-state index in [1.165, 1.54) is 0 Å². The Morgan fingerprint density at radius 2 is 2.00 bits per heavy atom. The SMILES string of the molecule is CC(C)C1CC([N+](=O)[O-])C1. The Balaban J connectivity index is 2.24. The van der Waals surface area contributed by atoms with E-state index in [-0.39, 0.29) is 11.0 Å². The zero-order valence-corrected chi connectivity index (χ0v) is 6.41. The molecule has 1 rings (SSSR count). The molecule has 1 aliphatic carbocycles. The van der Waals surface area contributed by atoms with Crippen molar-refractivity contribution in [2.45, 2.75) is 32.7 Å². The van der Waals surface area contributed by atoms with Crippen molar-refractivity contribution in [1.82, 2.24) is 0 Å². The largest absolute Gasteiger partial charge is 0.264 e. The summed E-state index contributed by atoms with van der Waals surface area (Å²) >= 11 is 0. The van der Waals surface area contributed by atoms with Gasteiger partial charge in [-0.25, -0.2) is 0 Å². The molecule has 0 unspecified atom stereocenters. The molecule has 3 heteroatoms. The monoisotopic (exact) mass is 143 g/mol. The molecule has 0 bridgehead atoms. The van der Waals surface area contributed by atoms with Crippen LogP contribution in [-0.4, -0.2) is 11.0 Å². The van der Waals surface area contributed by atoms with Gasteiger partial charge in [-0.15, -0.1) is 0 Å². The first-order chi connectivity index (χ1) is 4.61. The Labute approximate surface area is 60.6 Å². The van der Waals surface area contributed by atoms with Crippen molar-refractivity contribution in [3.63, 3.8) is 0 Å². The Kier molecular flexibility index (Phi) is 1.92. The van der Waals surface area contributed by atoms with Crippen LogP contribution in [0, 0.1) is 22.0 Å². The van der Waals surface area contributed by atoms with Crippen LogP contribution in [0.25, 0.3) is 0 Å². The number of hydrogen-bond donors (Lipinski definition) is 0. The third-order valence-electron chi connectivity index (χ3n) is 2.39. The van der Waals surface area contributed by atoms with Crippen molar-refractivity contribution < 1.29 is 4.92 Å². The highest BCUT2D eigenvalue weighted by Gasteiger charge is 2.39. The highest BCUT2D eigenvalue weighted by atomic mass is 16.6. The molecule has 1 fully saturated rings. The van der Waals surface area contributed by atoms with Gasteiger partial charge in [0.2, 0.25) is 6.04 Å². The van der Waals surface area contributed by atoms with E-state index in [1.807, 2.05) is 0 Å². The molecule has 0 aliphatic heterocycles. The third-order valence-corrected chi connectivity index (χ3v) is 2.39. The fraction of sp³-hybridized carbons (Fsp3) is 1.00. The quantitative estimate of drug-likeness (QED) is 0.436. The average Bonchev–Trinajstić information content (AvgIpc) is 1.56. The summed E-state index contributed by atoms with van der Waals surface area (Å²) in [5.74, 6) is 1.23. The van der Waals surface area contributed by atoms with Crippen molar-refractivity contribution in [1.29, 1.82) is 0 Å². The molecular formula is C7H13NO2. The van der Waals surface area contributed by atoms with E-state index in [0.29, 0.717) is 11.8 Å². The minimum atomic E-state index is -0.229. The highest BCUT2D eigenvalue weighted by Crippen LogP contribution is 2.34. The van der Waals surface area contributed by atoms with Crippen LogP contribution in [-0.2, 0) is 0 Å². The van der Waals surface area contributed by atoms with E-state index in [4.69, 9.17) is 0 Å². The lowest BCUT2D eigenvalue weighted by atomic mass is 9.74. The highest BCUT2D eigenvalue weighted by molar-refractivity contribution is 4.80. The van der Waals surface area contributed by atoms with Gasteiger partial charge in [0.25, 0.3) is 0 Å². The van der Waals surface area contributed by atoms with E-state index in [9.17, 15) is 10.1 Å². The molecule has 1 saturated carbocycles. The van der Waals surface area contributed by atoms with Crippen LogP contribution in [0.1, 0.15) is 26.7 Å². The first-order valence-electron chi connectivity index (χ1n) is 3.74. The molecule has 0 N–H and O–H groups in total. The zero-order valence-electron chi connectivity index (χ0n) is 6.41. The molecule has 3 nitrogen and oxygen atoms in total. The number of nitro groups is 1.